The fourth-order valence-corrected chi connectivity index (χ4v) is 1.78. The SMILES string of the molecule is O=S(=O)(O)CCC1COCCOC1. The highest BCUT2D eigenvalue weighted by Gasteiger charge is 2.16. The molecule has 0 aliphatic carbocycles. The van der Waals surface area contributed by atoms with Crippen LogP contribution in [-0.2, 0) is 19.6 Å². The van der Waals surface area contributed by atoms with Crippen molar-refractivity contribution in [2.75, 3.05) is 32.2 Å². The largest absolute Gasteiger partial charge is 0.379 e. The van der Waals surface area contributed by atoms with Gasteiger partial charge in [-0.1, -0.05) is 0 Å². The molecule has 6 heteroatoms. The maximum atomic E-state index is 10.4. The molecule has 0 aromatic heterocycles. The second kappa shape index (κ2) is 4.90. The molecule has 1 N–H and O–H groups in total. The van der Waals surface area contributed by atoms with Gasteiger partial charge in [0.1, 0.15) is 0 Å². The second-order valence-corrected chi connectivity index (χ2v) is 4.66. The van der Waals surface area contributed by atoms with E-state index in [1.165, 1.54) is 0 Å². The van der Waals surface area contributed by atoms with Gasteiger partial charge < -0.3 is 9.47 Å². The van der Waals surface area contributed by atoms with E-state index in [0.29, 0.717) is 32.8 Å². The molecule has 0 atom stereocenters. The molecule has 1 aliphatic heterocycles. The van der Waals surface area contributed by atoms with Gasteiger partial charge in [-0.15, -0.1) is 0 Å². The number of hydrogen-bond donors (Lipinski definition) is 1. The predicted molar refractivity (Wildman–Crippen MR) is 46.2 cm³/mol. The Morgan fingerprint density at radius 2 is 1.77 bits per heavy atom. The van der Waals surface area contributed by atoms with Crippen LogP contribution in [0.25, 0.3) is 0 Å². The van der Waals surface area contributed by atoms with E-state index in [1.807, 2.05) is 0 Å². The Kier molecular flexibility index (Phi) is 4.11. The van der Waals surface area contributed by atoms with Crippen LogP contribution in [0, 0.1) is 5.92 Å². The topological polar surface area (TPSA) is 72.8 Å². The summed E-state index contributed by atoms with van der Waals surface area (Å²) in [5.41, 5.74) is 0. The molecule has 0 aromatic carbocycles. The molecule has 78 valence electrons. The van der Waals surface area contributed by atoms with Crippen LogP contribution < -0.4 is 0 Å². The van der Waals surface area contributed by atoms with Crippen LogP contribution in [0.2, 0.25) is 0 Å². The van der Waals surface area contributed by atoms with Crippen molar-refractivity contribution in [3.8, 4) is 0 Å². The van der Waals surface area contributed by atoms with Gasteiger partial charge in [0.05, 0.1) is 32.2 Å². The highest BCUT2D eigenvalue weighted by Crippen LogP contribution is 2.09. The maximum Gasteiger partial charge on any atom is 0.264 e. The van der Waals surface area contributed by atoms with E-state index in [2.05, 4.69) is 0 Å². The van der Waals surface area contributed by atoms with Crippen LogP contribution in [0.4, 0.5) is 0 Å². The molecule has 0 amide bonds. The quantitative estimate of drug-likeness (QED) is 0.660. The van der Waals surface area contributed by atoms with Crippen LogP contribution in [0.15, 0.2) is 0 Å². The lowest BCUT2D eigenvalue weighted by molar-refractivity contribution is 0.103. The zero-order valence-electron chi connectivity index (χ0n) is 7.31. The van der Waals surface area contributed by atoms with E-state index in [-0.39, 0.29) is 11.7 Å². The fraction of sp³-hybridized carbons (Fsp3) is 1.00. The van der Waals surface area contributed by atoms with Gasteiger partial charge in [-0.05, 0) is 6.42 Å². The van der Waals surface area contributed by atoms with Crippen molar-refractivity contribution in [2.45, 2.75) is 6.42 Å². The molecule has 1 saturated heterocycles. The summed E-state index contributed by atoms with van der Waals surface area (Å²) in [5, 5.41) is 0. The summed E-state index contributed by atoms with van der Waals surface area (Å²) in [6.45, 7) is 2.13. The molecule has 1 rings (SSSR count). The summed E-state index contributed by atoms with van der Waals surface area (Å²) in [6.07, 6.45) is 0.388. The molecule has 1 fully saturated rings. The van der Waals surface area contributed by atoms with Crippen LogP contribution in [0.5, 0.6) is 0 Å². The first-order valence-electron chi connectivity index (χ1n) is 4.18. The molecular formula is C7H14O5S. The van der Waals surface area contributed by atoms with E-state index in [4.69, 9.17) is 14.0 Å². The normalized spacial score (nSPS) is 21.3. The molecule has 5 nitrogen and oxygen atoms in total. The summed E-state index contributed by atoms with van der Waals surface area (Å²) in [7, 11) is -3.85. The molecule has 1 heterocycles. The number of rotatable bonds is 3. The minimum absolute atomic E-state index is 0.0735. The van der Waals surface area contributed by atoms with Crippen molar-refractivity contribution in [3.63, 3.8) is 0 Å². The minimum Gasteiger partial charge on any atom is -0.379 e. The molecule has 0 aromatic rings. The zero-order chi connectivity index (χ0) is 9.73. The van der Waals surface area contributed by atoms with E-state index in [9.17, 15) is 8.42 Å². The van der Waals surface area contributed by atoms with Gasteiger partial charge in [0.2, 0.25) is 0 Å². The zero-order valence-corrected chi connectivity index (χ0v) is 8.12. The molecule has 0 radical (unpaired) electrons. The van der Waals surface area contributed by atoms with Gasteiger partial charge in [-0.3, -0.25) is 4.55 Å². The van der Waals surface area contributed by atoms with Gasteiger partial charge >= 0.3 is 0 Å². The van der Waals surface area contributed by atoms with E-state index in [0.717, 1.165) is 0 Å². The monoisotopic (exact) mass is 210 g/mol. The average molecular weight is 210 g/mol. The van der Waals surface area contributed by atoms with Crippen LogP contribution >= 0.6 is 0 Å². The maximum absolute atomic E-state index is 10.4. The van der Waals surface area contributed by atoms with Gasteiger partial charge in [0, 0.05) is 5.92 Å². The fourth-order valence-electron chi connectivity index (χ4n) is 1.15. The summed E-state index contributed by atoms with van der Waals surface area (Å²) >= 11 is 0. The standard InChI is InChI=1S/C7H14O5S/c8-13(9,10)4-1-7-5-11-2-3-12-6-7/h7H,1-6H2,(H,8,9,10). The Morgan fingerprint density at radius 3 is 2.23 bits per heavy atom. The van der Waals surface area contributed by atoms with Crippen LogP contribution in [0.1, 0.15) is 6.42 Å². The Labute approximate surface area is 77.8 Å². The lowest BCUT2D eigenvalue weighted by atomic mass is 10.1. The summed E-state index contributed by atoms with van der Waals surface area (Å²) in [5.74, 6) is -0.144. The van der Waals surface area contributed by atoms with Gasteiger partial charge in [0.25, 0.3) is 10.1 Å². The van der Waals surface area contributed by atoms with Crippen molar-refractivity contribution in [1.29, 1.82) is 0 Å². The smallest absolute Gasteiger partial charge is 0.264 e. The average Bonchev–Trinajstić information content (AvgIpc) is 2.26. The summed E-state index contributed by atoms with van der Waals surface area (Å²) in [4.78, 5) is 0. The number of hydrogen-bond acceptors (Lipinski definition) is 4. The van der Waals surface area contributed by atoms with Crippen LogP contribution in [0.3, 0.4) is 0 Å². The molecule has 1 aliphatic rings. The van der Waals surface area contributed by atoms with E-state index < -0.39 is 10.1 Å². The third-order valence-corrected chi connectivity index (χ3v) is 2.61. The van der Waals surface area contributed by atoms with Crippen LogP contribution in [-0.4, -0.2) is 45.2 Å². The van der Waals surface area contributed by atoms with Crippen molar-refractivity contribution in [3.05, 3.63) is 0 Å². The van der Waals surface area contributed by atoms with Crippen molar-refractivity contribution in [1.82, 2.24) is 0 Å². The summed E-state index contributed by atoms with van der Waals surface area (Å²) < 4.78 is 39.7. The second-order valence-electron chi connectivity index (χ2n) is 3.09. The third-order valence-electron chi connectivity index (χ3n) is 1.86. The molecule has 0 unspecified atom stereocenters. The van der Waals surface area contributed by atoms with Crippen molar-refractivity contribution < 1.29 is 22.4 Å². The Morgan fingerprint density at radius 1 is 1.23 bits per heavy atom. The Balaban J connectivity index is 2.27. The molecule has 0 spiro atoms. The lowest BCUT2D eigenvalue weighted by Crippen LogP contribution is -2.17. The van der Waals surface area contributed by atoms with Crippen molar-refractivity contribution in [2.24, 2.45) is 5.92 Å². The lowest BCUT2D eigenvalue weighted by Gasteiger charge is -2.10. The molecule has 0 bridgehead atoms. The molecular weight excluding hydrogens is 196 g/mol. The van der Waals surface area contributed by atoms with Gasteiger partial charge in [0.15, 0.2) is 0 Å². The minimum atomic E-state index is -3.85. The van der Waals surface area contributed by atoms with Gasteiger partial charge in [-0.2, -0.15) is 8.42 Å². The number of ether oxygens (including phenoxy) is 2. The predicted octanol–water partition coefficient (Wildman–Crippen LogP) is -0.0727. The first-order chi connectivity index (χ1) is 6.08. The van der Waals surface area contributed by atoms with Gasteiger partial charge in [-0.25, -0.2) is 0 Å². The molecule has 0 saturated carbocycles. The third kappa shape index (κ3) is 5.20. The Hall–Kier alpha value is -0.170. The highest BCUT2D eigenvalue weighted by molar-refractivity contribution is 7.85. The molecule has 13 heavy (non-hydrogen) atoms. The van der Waals surface area contributed by atoms with E-state index >= 15 is 0 Å². The van der Waals surface area contributed by atoms with E-state index in [1.54, 1.807) is 0 Å². The first kappa shape index (κ1) is 10.9. The van der Waals surface area contributed by atoms with Crippen molar-refractivity contribution >= 4 is 10.1 Å². The Bertz CT molecular complexity index is 227. The first-order valence-corrected chi connectivity index (χ1v) is 5.79. The highest BCUT2D eigenvalue weighted by atomic mass is 32.2. The summed E-state index contributed by atoms with van der Waals surface area (Å²) in [6, 6.07) is 0.